The van der Waals surface area contributed by atoms with Gasteiger partial charge >= 0.3 is 0 Å². The maximum absolute atomic E-state index is 11.8. The molecule has 0 atom stereocenters. The molecule has 1 fully saturated rings. The van der Waals surface area contributed by atoms with Crippen molar-refractivity contribution in [2.24, 2.45) is 5.92 Å². The van der Waals surface area contributed by atoms with E-state index in [1.54, 1.807) is 0 Å². The van der Waals surface area contributed by atoms with Crippen molar-refractivity contribution in [2.45, 2.75) is 53.0 Å². The number of nitrogens with zero attached hydrogens (tertiary/aromatic N) is 2. The molecule has 3 heteroatoms. The summed E-state index contributed by atoms with van der Waals surface area (Å²) in [7, 11) is 0. The number of aryl methyl sites for hydroxylation is 2. The molecule has 0 bridgehead atoms. The van der Waals surface area contributed by atoms with Gasteiger partial charge < -0.3 is 0 Å². The highest BCUT2D eigenvalue weighted by molar-refractivity contribution is 5.97. The van der Waals surface area contributed by atoms with E-state index in [0.29, 0.717) is 6.42 Å². The van der Waals surface area contributed by atoms with E-state index >= 15 is 0 Å². The molecule has 1 heterocycles. The van der Waals surface area contributed by atoms with Crippen molar-refractivity contribution in [3.63, 3.8) is 0 Å². The minimum absolute atomic E-state index is 0.215. The first-order chi connectivity index (χ1) is 7.63. The highest BCUT2D eigenvalue weighted by Gasteiger charge is 2.22. The average Bonchev–Trinajstić information content (AvgIpc) is 3.03. The molecule has 0 N–H and O–H groups in total. The van der Waals surface area contributed by atoms with Crippen LogP contribution in [0.5, 0.6) is 0 Å². The second-order valence-electron chi connectivity index (χ2n) is 4.78. The van der Waals surface area contributed by atoms with Gasteiger partial charge in [0.1, 0.15) is 0 Å². The van der Waals surface area contributed by atoms with Gasteiger partial charge in [-0.05, 0) is 26.2 Å². The molecule has 3 nitrogen and oxygen atoms in total. The predicted octanol–water partition coefficient (Wildman–Crippen LogP) is 2.89. The van der Waals surface area contributed by atoms with Crippen LogP contribution in [-0.4, -0.2) is 15.6 Å². The zero-order valence-corrected chi connectivity index (χ0v) is 10.4. The molecule has 2 rings (SSSR count). The molecule has 0 aromatic carbocycles. The van der Waals surface area contributed by atoms with Crippen LogP contribution >= 0.6 is 0 Å². The maximum Gasteiger partial charge on any atom is 0.166 e. The van der Waals surface area contributed by atoms with Gasteiger partial charge in [0.2, 0.25) is 0 Å². The maximum atomic E-state index is 11.8. The highest BCUT2D eigenvalue weighted by Crippen LogP contribution is 2.33. The first-order valence-corrected chi connectivity index (χ1v) is 6.20. The van der Waals surface area contributed by atoms with Crippen LogP contribution in [0.1, 0.15) is 54.4 Å². The van der Waals surface area contributed by atoms with Gasteiger partial charge in [-0.15, -0.1) is 0 Å². The molecule has 0 radical (unpaired) electrons. The van der Waals surface area contributed by atoms with E-state index in [1.165, 1.54) is 19.3 Å². The molecule has 1 aromatic heterocycles. The fraction of sp³-hybridized carbons (Fsp3) is 0.692. The molecule has 16 heavy (non-hydrogen) atoms. The smallest absolute Gasteiger partial charge is 0.166 e. The Morgan fingerprint density at radius 1 is 1.44 bits per heavy atom. The molecule has 1 aliphatic carbocycles. The van der Waals surface area contributed by atoms with Gasteiger partial charge in [-0.1, -0.05) is 19.8 Å². The molecule has 0 spiro atoms. The Kier molecular flexibility index (Phi) is 3.13. The van der Waals surface area contributed by atoms with Crippen molar-refractivity contribution in [2.75, 3.05) is 0 Å². The number of hydrogen-bond donors (Lipinski definition) is 0. The Morgan fingerprint density at radius 3 is 2.69 bits per heavy atom. The Balaban J connectivity index is 2.15. The van der Waals surface area contributed by atoms with Crippen LogP contribution < -0.4 is 0 Å². The second-order valence-corrected chi connectivity index (χ2v) is 4.78. The number of carbonyl (C=O) groups is 1. The van der Waals surface area contributed by atoms with Crippen LogP contribution in [0.4, 0.5) is 0 Å². The summed E-state index contributed by atoms with van der Waals surface area (Å²) in [6.45, 7) is 6.82. The zero-order valence-electron chi connectivity index (χ0n) is 10.4. The van der Waals surface area contributed by atoms with Crippen LogP contribution in [0.3, 0.4) is 0 Å². The van der Waals surface area contributed by atoms with E-state index in [1.807, 2.05) is 25.5 Å². The van der Waals surface area contributed by atoms with Gasteiger partial charge in [-0.2, -0.15) is 5.10 Å². The van der Waals surface area contributed by atoms with Crippen molar-refractivity contribution >= 4 is 5.78 Å². The summed E-state index contributed by atoms with van der Waals surface area (Å²) in [5.74, 6) is 1.13. The van der Waals surface area contributed by atoms with E-state index in [4.69, 9.17) is 0 Å². The summed E-state index contributed by atoms with van der Waals surface area (Å²) in [4.78, 5) is 11.8. The van der Waals surface area contributed by atoms with Crippen LogP contribution in [0.2, 0.25) is 0 Å². The van der Waals surface area contributed by atoms with Crippen molar-refractivity contribution in [1.82, 2.24) is 9.78 Å². The lowest BCUT2D eigenvalue weighted by atomic mass is 10.1. The number of aromatic nitrogens is 2. The fourth-order valence-electron chi connectivity index (χ4n) is 2.21. The normalized spacial score (nSPS) is 15.4. The number of hydrogen-bond acceptors (Lipinski definition) is 2. The summed E-state index contributed by atoms with van der Waals surface area (Å²) < 4.78 is 2.01. The van der Waals surface area contributed by atoms with E-state index in [0.717, 1.165) is 29.4 Å². The van der Waals surface area contributed by atoms with Crippen molar-refractivity contribution < 1.29 is 4.79 Å². The largest absolute Gasteiger partial charge is 0.294 e. The quantitative estimate of drug-likeness (QED) is 0.715. The Hall–Kier alpha value is -1.12. The van der Waals surface area contributed by atoms with Gasteiger partial charge in [-0.3, -0.25) is 9.48 Å². The predicted molar refractivity (Wildman–Crippen MR) is 63.7 cm³/mol. The van der Waals surface area contributed by atoms with Crippen molar-refractivity contribution in [1.29, 1.82) is 0 Å². The number of Topliss-reactive ketones (excluding diaryl/α,β-unsaturated/α-hetero) is 1. The Labute approximate surface area is 96.8 Å². The van der Waals surface area contributed by atoms with Crippen LogP contribution in [0.25, 0.3) is 0 Å². The standard InChI is InChI=1S/C13H20N2O/c1-4-12(16)13-9(2)14-15(10(13)3)8-7-11-5-6-11/h11H,4-8H2,1-3H3. The lowest BCUT2D eigenvalue weighted by Crippen LogP contribution is -2.05. The summed E-state index contributed by atoms with van der Waals surface area (Å²) in [6.07, 6.45) is 4.53. The van der Waals surface area contributed by atoms with E-state index < -0.39 is 0 Å². The second kappa shape index (κ2) is 4.40. The molecule has 0 saturated heterocycles. The average molecular weight is 220 g/mol. The van der Waals surface area contributed by atoms with Gasteiger partial charge in [0.05, 0.1) is 11.3 Å². The lowest BCUT2D eigenvalue weighted by molar-refractivity contribution is 0.0987. The fourth-order valence-corrected chi connectivity index (χ4v) is 2.21. The lowest BCUT2D eigenvalue weighted by Gasteiger charge is -2.03. The third-order valence-electron chi connectivity index (χ3n) is 3.43. The van der Waals surface area contributed by atoms with Gasteiger partial charge in [0.25, 0.3) is 0 Å². The minimum atomic E-state index is 0.215. The number of ketones is 1. The Bertz CT molecular complexity index is 402. The van der Waals surface area contributed by atoms with Crippen molar-refractivity contribution in [3.05, 3.63) is 17.0 Å². The van der Waals surface area contributed by atoms with Crippen molar-refractivity contribution in [3.8, 4) is 0 Å². The van der Waals surface area contributed by atoms with E-state index in [9.17, 15) is 4.79 Å². The first-order valence-electron chi connectivity index (χ1n) is 6.20. The molecule has 1 saturated carbocycles. The number of carbonyl (C=O) groups excluding carboxylic acids is 1. The summed E-state index contributed by atoms with van der Waals surface area (Å²) in [5, 5.41) is 4.47. The van der Waals surface area contributed by atoms with Gasteiger partial charge in [0.15, 0.2) is 5.78 Å². The van der Waals surface area contributed by atoms with Crippen LogP contribution in [-0.2, 0) is 6.54 Å². The Morgan fingerprint density at radius 2 is 2.12 bits per heavy atom. The topological polar surface area (TPSA) is 34.9 Å². The molecule has 0 aliphatic heterocycles. The van der Waals surface area contributed by atoms with Crippen LogP contribution in [0, 0.1) is 19.8 Å². The SMILES string of the molecule is CCC(=O)c1c(C)nn(CCC2CC2)c1C. The summed E-state index contributed by atoms with van der Waals surface area (Å²) >= 11 is 0. The van der Waals surface area contributed by atoms with E-state index in [2.05, 4.69) is 5.10 Å². The summed E-state index contributed by atoms with van der Waals surface area (Å²) in [5.41, 5.74) is 2.78. The molecular formula is C13H20N2O. The summed E-state index contributed by atoms with van der Waals surface area (Å²) in [6, 6.07) is 0. The van der Waals surface area contributed by atoms with Crippen LogP contribution in [0.15, 0.2) is 0 Å². The van der Waals surface area contributed by atoms with E-state index in [-0.39, 0.29) is 5.78 Å². The zero-order chi connectivity index (χ0) is 11.7. The highest BCUT2D eigenvalue weighted by atomic mass is 16.1. The molecule has 0 amide bonds. The molecular weight excluding hydrogens is 200 g/mol. The molecule has 88 valence electrons. The minimum Gasteiger partial charge on any atom is -0.294 e. The third-order valence-corrected chi connectivity index (χ3v) is 3.43. The molecule has 1 aromatic rings. The first kappa shape index (κ1) is 11.4. The van der Waals surface area contributed by atoms with Gasteiger partial charge in [-0.25, -0.2) is 0 Å². The molecule has 0 unspecified atom stereocenters. The monoisotopic (exact) mass is 220 g/mol. The number of rotatable bonds is 5. The van der Waals surface area contributed by atoms with Gasteiger partial charge in [0, 0.05) is 18.7 Å². The molecule has 1 aliphatic rings. The third kappa shape index (κ3) is 2.18.